The number of pyridine rings is 1. The number of benzene rings is 1. The maximum Gasteiger partial charge on any atom is 0.339 e. The van der Waals surface area contributed by atoms with E-state index < -0.39 is 18.0 Å². The fourth-order valence-corrected chi connectivity index (χ4v) is 2.60. The minimum absolute atomic E-state index is 0.0689. The molecule has 3 rings (SSSR count). The van der Waals surface area contributed by atoms with Crippen LogP contribution in [0.25, 0.3) is 22.3 Å². The summed E-state index contributed by atoms with van der Waals surface area (Å²) in [5, 5.41) is 4.91. The molecule has 0 radical (unpaired) electrons. The first-order chi connectivity index (χ1) is 12.4. The Labute approximate surface area is 150 Å². The van der Waals surface area contributed by atoms with Gasteiger partial charge < -0.3 is 10.5 Å². The number of nitrogens with zero attached hydrogens (tertiary/aromatic N) is 3. The molecule has 1 atom stereocenters. The van der Waals surface area contributed by atoms with Crippen LogP contribution in [-0.2, 0) is 9.53 Å². The average molecular weight is 352 g/mol. The standard InChI is InChI=1S/C19H20N4O3/c1-11(2)23-18-15(10-21-23)14(19(25)26-12(3)17(20)24)9-16(22-18)13-7-5-4-6-8-13/h4-12H,1-3H3,(H2,20,24)/t12-/m0/s1. The minimum Gasteiger partial charge on any atom is -0.449 e. The first kappa shape index (κ1) is 17.6. The molecule has 0 spiro atoms. The highest BCUT2D eigenvalue weighted by Gasteiger charge is 2.22. The van der Waals surface area contributed by atoms with Crippen molar-refractivity contribution in [2.24, 2.45) is 5.73 Å². The van der Waals surface area contributed by atoms with Gasteiger partial charge in [-0.15, -0.1) is 0 Å². The normalized spacial score (nSPS) is 12.3. The molecule has 1 aromatic carbocycles. The molecule has 2 aromatic heterocycles. The largest absolute Gasteiger partial charge is 0.449 e. The van der Waals surface area contributed by atoms with Crippen molar-refractivity contribution >= 4 is 22.9 Å². The molecular formula is C19H20N4O3. The highest BCUT2D eigenvalue weighted by atomic mass is 16.5. The number of nitrogens with two attached hydrogens (primary N) is 1. The van der Waals surface area contributed by atoms with Gasteiger partial charge in [0.25, 0.3) is 5.91 Å². The maximum absolute atomic E-state index is 12.6. The molecule has 0 aliphatic rings. The SMILES string of the molecule is CC(C)n1ncc2c(C(=O)O[C@@H](C)C(N)=O)cc(-c3ccccc3)nc21. The monoisotopic (exact) mass is 352 g/mol. The Balaban J connectivity index is 2.17. The summed E-state index contributed by atoms with van der Waals surface area (Å²) in [7, 11) is 0. The van der Waals surface area contributed by atoms with Crippen molar-refractivity contribution in [1.29, 1.82) is 0 Å². The first-order valence-corrected chi connectivity index (χ1v) is 8.32. The van der Waals surface area contributed by atoms with Gasteiger partial charge in [0.1, 0.15) is 0 Å². The lowest BCUT2D eigenvalue weighted by Gasteiger charge is -2.12. The molecule has 0 unspecified atom stereocenters. The summed E-state index contributed by atoms with van der Waals surface area (Å²) in [6.45, 7) is 5.40. The number of hydrogen-bond donors (Lipinski definition) is 1. The van der Waals surface area contributed by atoms with Gasteiger partial charge >= 0.3 is 5.97 Å². The number of esters is 1. The Morgan fingerprint density at radius 1 is 1.15 bits per heavy atom. The van der Waals surface area contributed by atoms with Crippen molar-refractivity contribution in [3.05, 3.63) is 48.2 Å². The zero-order chi connectivity index (χ0) is 18.8. The van der Waals surface area contributed by atoms with Gasteiger partial charge in [0.15, 0.2) is 11.8 Å². The van der Waals surface area contributed by atoms with E-state index in [-0.39, 0.29) is 6.04 Å². The minimum atomic E-state index is -1.02. The molecule has 7 heteroatoms. The lowest BCUT2D eigenvalue weighted by atomic mass is 10.1. The lowest BCUT2D eigenvalue weighted by molar-refractivity contribution is -0.125. The van der Waals surface area contributed by atoms with Gasteiger partial charge in [0.05, 0.1) is 22.8 Å². The average Bonchev–Trinajstić information content (AvgIpc) is 3.05. The van der Waals surface area contributed by atoms with E-state index in [0.717, 1.165) is 5.56 Å². The molecule has 0 saturated carbocycles. The number of hydrogen-bond acceptors (Lipinski definition) is 5. The maximum atomic E-state index is 12.6. The van der Waals surface area contributed by atoms with Crippen LogP contribution in [-0.4, -0.2) is 32.7 Å². The molecular weight excluding hydrogens is 332 g/mol. The Morgan fingerprint density at radius 2 is 1.85 bits per heavy atom. The number of rotatable bonds is 5. The Kier molecular flexibility index (Phi) is 4.71. The van der Waals surface area contributed by atoms with Gasteiger partial charge in [-0.25, -0.2) is 14.5 Å². The van der Waals surface area contributed by atoms with Crippen LogP contribution in [0.5, 0.6) is 0 Å². The molecule has 0 aliphatic carbocycles. The zero-order valence-corrected chi connectivity index (χ0v) is 14.8. The van der Waals surface area contributed by atoms with Crippen molar-refractivity contribution < 1.29 is 14.3 Å². The summed E-state index contributed by atoms with van der Waals surface area (Å²) >= 11 is 0. The van der Waals surface area contributed by atoms with Crippen LogP contribution in [0.15, 0.2) is 42.6 Å². The van der Waals surface area contributed by atoms with E-state index in [1.165, 1.54) is 6.92 Å². The van der Waals surface area contributed by atoms with Crippen LogP contribution in [0.4, 0.5) is 0 Å². The van der Waals surface area contributed by atoms with E-state index in [1.54, 1.807) is 16.9 Å². The molecule has 7 nitrogen and oxygen atoms in total. The van der Waals surface area contributed by atoms with Crippen LogP contribution in [0.3, 0.4) is 0 Å². The Bertz CT molecular complexity index is 964. The zero-order valence-electron chi connectivity index (χ0n) is 14.8. The third kappa shape index (κ3) is 3.28. The molecule has 2 N–H and O–H groups in total. The first-order valence-electron chi connectivity index (χ1n) is 8.32. The predicted molar refractivity (Wildman–Crippen MR) is 97.4 cm³/mol. The van der Waals surface area contributed by atoms with E-state index in [4.69, 9.17) is 10.5 Å². The van der Waals surface area contributed by atoms with E-state index in [9.17, 15) is 9.59 Å². The molecule has 134 valence electrons. The number of amides is 1. The summed E-state index contributed by atoms with van der Waals surface area (Å²) in [5.41, 5.74) is 7.57. The number of aromatic nitrogens is 3. The summed E-state index contributed by atoms with van der Waals surface area (Å²) < 4.78 is 6.93. The molecule has 0 bridgehead atoms. The van der Waals surface area contributed by atoms with Gasteiger partial charge in [-0.1, -0.05) is 30.3 Å². The predicted octanol–water partition coefficient (Wildman–Crippen LogP) is 2.71. The third-order valence-corrected chi connectivity index (χ3v) is 4.03. The van der Waals surface area contributed by atoms with Gasteiger partial charge in [0, 0.05) is 11.6 Å². The van der Waals surface area contributed by atoms with Gasteiger partial charge in [-0.2, -0.15) is 5.10 Å². The molecule has 26 heavy (non-hydrogen) atoms. The molecule has 0 fully saturated rings. The van der Waals surface area contributed by atoms with Crippen LogP contribution in [0, 0.1) is 0 Å². The quantitative estimate of drug-likeness (QED) is 0.712. The number of ether oxygens (including phenoxy) is 1. The summed E-state index contributed by atoms with van der Waals surface area (Å²) in [4.78, 5) is 28.6. The van der Waals surface area contributed by atoms with Gasteiger partial charge in [-0.3, -0.25) is 4.79 Å². The van der Waals surface area contributed by atoms with Crippen molar-refractivity contribution in [3.8, 4) is 11.3 Å². The van der Waals surface area contributed by atoms with Crippen LogP contribution < -0.4 is 5.73 Å². The second-order valence-electron chi connectivity index (χ2n) is 6.29. The van der Waals surface area contributed by atoms with E-state index in [0.29, 0.717) is 22.3 Å². The smallest absolute Gasteiger partial charge is 0.339 e. The second kappa shape index (κ2) is 6.95. The van der Waals surface area contributed by atoms with Gasteiger partial charge in [0.2, 0.25) is 0 Å². The summed E-state index contributed by atoms with van der Waals surface area (Å²) in [5.74, 6) is -1.34. The second-order valence-corrected chi connectivity index (χ2v) is 6.29. The molecule has 1 amide bonds. The van der Waals surface area contributed by atoms with Crippen LogP contribution in [0.1, 0.15) is 37.2 Å². The molecule has 3 aromatic rings. The third-order valence-electron chi connectivity index (χ3n) is 4.03. The number of carbonyl (C=O) groups excluding carboxylic acids is 2. The topological polar surface area (TPSA) is 100 Å². The fraction of sp³-hybridized carbons (Fsp3) is 0.263. The Hall–Kier alpha value is -3.22. The summed E-state index contributed by atoms with van der Waals surface area (Å²) in [6.07, 6.45) is 0.564. The van der Waals surface area contributed by atoms with E-state index >= 15 is 0 Å². The number of fused-ring (bicyclic) bond motifs is 1. The van der Waals surface area contributed by atoms with Crippen molar-refractivity contribution in [3.63, 3.8) is 0 Å². The Morgan fingerprint density at radius 3 is 2.46 bits per heavy atom. The summed E-state index contributed by atoms with van der Waals surface area (Å²) in [6, 6.07) is 11.2. The highest BCUT2D eigenvalue weighted by molar-refractivity contribution is 6.04. The number of carbonyl (C=O) groups is 2. The van der Waals surface area contributed by atoms with Crippen LogP contribution >= 0.6 is 0 Å². The molecule has 0 aliphatic heterocycles. The van der Waals surface area contributed by atoms with Gasteiger partial charge in [-0.05, 0) is 26.8 Å². The molecule has 2 heterocycles. The number of primary amides is 1. The van der Waals surface area contributed by atoms with E-state index in [2.05, 4.69) is 10.1 Å². The lowest BCUT2D eigenvalue weighted by Crippen LogP contribution is -2.30. The highest BCUT2D eigenvalue weighted by Crippen LogP contribution is 2.27. The fourth-order valence-electron chi connectivity index (χ4n) is 2.60. The molecule has 0 saturated heterocycles. The van der Waals surface area contributed by atoms with Crippen LogP contribution in [0.2, 0.25) is 0 Å². The van der Waals surface area contributed by atoms with Crippen molar-refractivity contribution in [2.75, 3.05) is 0 Å². The van der Waals surface area contributed by atoms with Crippen molar-refractivity contribution in [1.82, 2.24) is 14.8 Å². The van der Waals surface area contributed by atoms with Crippen molar-refractivity contribution in [2.45, 2.75) is 32.9 Å². The van der Waals surface area contributed by atoms with E-state index in [1.807, 2.05) is 44.2 Å².